The smallest absolute Gasteiger partial charge is 0.224 e. The topological polar surface area (TPSA) is 56.8 Å². The number of nitrogens with one attached hydrogen (secondary N) is 1. The Morgan fingerprint density at radius 2 is 2.14 bits per heavy atom. The lowest BCUT2D eigenvalue weighted by molar-refractivity contribution is -0.120. The normalized spacial score (nSPS) is 17.5. The van der Waals surface area contributed by atoms with E-state index in [9.17, 15) is 4.79 Å². The van der Waals surface area contributed by atoms with Crippen LogP contribution < -0.4 is 14.8 Å². The Bertz CT molecular complexity index is 469. The predicted octanol–water partition coefficient (Wildman–Crippen LogP) is 1.79. The Morgan fingerprint density at radius 1 is 1.33 bits per heavy atom. The summed E-state index contributed by atoms with van der Waals surface area (Å²) >= 11 is 0. The molecule has 1 N–H and O–H groups in total. The van der Waals surface area contributed by atoms with Gasteiger partial charge in [-0.05, 0) is 36.5 Å². The number of benzene rings is 1. The van der Waals surface area contributed by atoms with Gasteiger partial charge in [-0.15, -0.1) is 0 Å². The molecule has 0 spiro atoms. The number of carbonyl (C=O) groups is 1. The molecule has 1 saturated heterocycles. The van der Waals surface area contributed by atoms with E-state index in [0.29, 0.717) is 30.4 Å². The Morgan fingerprint density at radius 3 is 2.81 bits per heavy atom. The monoisotopic (exact) mass is 293 g/mol. The van der Waals surface area contributed by atoms with Crippen LogP contribution in [0.2, 0.25) is 0 Å². The van der Waals surface area contributed by atoms with E-state index < -0.39 is 0 Å². The molecule has 0 bridgehead atoms. The summed E-state index contributed by atoms with van der Waals surface area (Å²) in [4.78, 5) is 11.9. The molecule has 1 aliphatic heterocycles. The molecule has 1 amide bonds. The van der Waals surface area contributed by atoms with Crippen molar-refractivity contribution in [2.45, 2.75) is 19.3 Å². The molecule has 1 aromatic carbocycles. The van der Waals surface area contributed by atoms with Crippen LogP contribution in [0.4, 0.5) is 0 Å². The number of rotatable bonds is 7. The van der Waals surface area contributed by atoms with Gasteiger partial charge in [0.05, 0.1) is 20.6 Å². The van der Waals surface area contributed by atoms with Crippen LogP contribution in [0.15, 0.2) is 18.2 Å². The first-order valence-electron chi connectivity index (χ1n) is 7.28. The molecule has 5 heteroatoms. The molecule has 0 aliphatic carbocycles. The van der Waals surface area contributed by atoms with Gasteiger partial charge in [0.25, 0.3) is 0 Å². The highest BCUT2D eigenvalue weighted by Crippen LogP contribution is 2.27. The fourth-order valence-corrected chi connectivity index (χ4v) is 2.47. The largest absolute Gasteiger partial charge is 0.493 e. The zero-order chi connectivity index (χ0) is 15.1. The average Bonchev–Trinajstić information content (AvgIpc) is 3.00. The van der Waals surface area contributed by atoms with Gasteiger partial charge in [-0.25, -0.2) is 0 Å². The summed E-state index contributed by atoms with van der Waals surface area (Å²) in [5.74, 6) is 1.93. The van der Waals surface area contributed by atoms with Crippen LogP contribution in [0.3, 0.4) is 0 Å². The average molecular weight is 293 g/mol. The minimum atomic E-state index is 0.0288. The Kier molecular flexibility index (Phi) is 5.87. The zero-order valence-corrected chi connectivity index (χ0v) is 12.7. The molecule has 1 fully saturated rings. The molecule has 5 nitrogen and oxygen atoms in total. The zero-order valence-electron chi connectivity index (χ0n) is 12.7. The van der Waals surface area contributed by atoms with E-state index >= 15 is 0 Å². The van der Waals surface area contributed by atoms with Gasteiger partial charge < -0.3 is 19.5 Å². The van der Waals surface area contributed by atoms with Crippen LogP contribution in [-0.4, -0.2) is 39.9 Å². The van der Waals surface area contributed by atoms with Gasteiger partial charge in [0.15, 0.2) is 11.5 Å². The van der Waals surface area contributed by atoms with Crippen LogP contribution in [0.1, 0.15) is 18.4 Å². The molecule has 0 unspecified atom stereocenters. The van der Waals surface area contributed by atoms with Crippen molar-refractivity contribution in [2.24, 2.45) is 5.92 Å². The van der Waals surface area contributed by atoms with Gasteiger partial charge in [-0.3, -0.25) is 4.79 Å². The lowest BCUT2D eigenvalue weighted by Gasteiger charge is -2.11. The summed E-state index contributed by atoms with van der Waals surface area (Å²) in [5, 5.41) is 2.96. The summed E-state index contributed by atoms with van der Waals surface area (Å²) in [6, 6.07) is 5.53. The number of carbonyl (C=O) groups excluding carboxylic acids is 1. The minimum absolute atomic E-state index is 0.0288. The van der Waals surface area contributed by atoms with Crippen molar-refractivity contribution in [3.8, 4) is 11.5 Å². The number of hydrogen-bond acceptors (Lipinski definition) is 4. The molecule has 0 aromatic heterocycles. The number of hydrogen-bond donors (Lipinski definition) is 1. The Labute approximate surface area is 125 Å². The van der Waals surface area contributed by atoms with Crippen molar-refractivity contribution < 1.29 is 19.0 Å². The highest BCUT2D eigenvalue weighted by atomic mass is 16.5. The number of ether oxygens (including phenoxy) is 3. The quantitative estimate of drug-likeness (QED) is 0.832. The van der Waals surface area contributed by atoms with Crippen molar-refractivity contribution in [2.75, 3.05) is 34.0 Å². The summed E-state index contributed by atoms with van der Waals surface area (Å²) in [6.45, 7) is 2.38. The second kappa shape index (κ2) is 7.88. The van der Waals surface area contributed by atoms with Crippen LogP contribution >= 0.6 is 0 Å². The van der Waals surface area contributed by atoms with Crippen LogP contribution in [-0.2, 0) is 16.0 Å². The molecular weight excluding hydrogens is 270 g/mol. The molecule has 21 heavy (non-hydrogen) atoms. The summed E-state index contributed by atoms with van der Waals surface area (Å²) in [6.07, 6.45) is 2.44. The fourth-order valence-electron chi connectivity index (χ4n) is 2.47. The van der Waals surface area contributed by atoms with Crippen LogP contribution in [0.25, 0.3) is 0 Å². The lowest BCUT2D eigenvalue weighted by Crippen LogP contribution is -2.27. The second-order valence-corrected chi connectivity index (χ2v) is 5.23. The van der Waals surface area contributed by atoms with E-state index in [1.54, 1.807) is 14.2 Å². The first kappa shape index (κ1) is 15.6. The third kappa shape index (κ3) is 4.63. The third-order valence-corrected chi connectivity index (χ3v) is 3.71. The van der Waals surface area contributed by atoms with E-state index in [-0.39, 0.29) is 5.91 Å². The molecule has 1 aromatic rings. The van der Waals surface area contributed by atoms with E-state index in [1.807, 2.05) is 18.2 Å². The molecule has 1 heterocycles. The summed E-state index contributed by atoms with van der Waals surface area (Å²) < 4.78 is 15.7. The Hall–Kier alpha value is -1.75. The molecule has 1 aliphatic rings. The van der Waals surface area contributed by atoms with Crippen molar-refractivity contribution in [3.63, 3.8) is 0 Å². The first-order valence-corrected chi connectivity index (χ1v) is 7.28. The highest BCUT2D eigenvalue weighted by molar-refractivity contribution is 5.78. The number of methoxy groups -OCH3 is 2. The second-order valence-electron chi connectivity index (χ2n) is 5.23. The molecule has 2 rings (SSSR count). The SMILES string of the molecule is COc1ccc(CC(=O)NCC[C@H]2CCOC2)cc1OC. The predicted molar refractivity (Wildman–Crippen MR) is 79.8 cm³/mol. The van der Waals surface area contributed by atoms with Gasteiger partial charge in [0.2, 0.25) is 5.91 Å². The van der Waals surface area contributed by atoms with Gasteiger partial charge in [-0.1, -0.05) is 6.07 Å². The molecule has 0 saturated carbocycles. The highest BCUT2D eigenvalue weighted by Gasteiger charge is 2.15. The molecular formula is C16H23NO4. The Balaban J connectivity index is 1.78. The van der Waals surface area contributed by atoms with E-state index in [2.05, 4.69) is 5.32 Å². The molecule has 116 valence electrons. The van der Waals surface area contributed by atoms with Crippen molar-refractivity contribution in [1.29, 1.82) is 0 Å². The van der Waals surface area contributed by atoms with Gasteiger partial charge >= 0.3 is 0 Å². The first-order chi connectivity index (χ1) is 10.2. The minimum Gasteiger partial charge on any atom is -0.493 e. The molecule has 1 atom stereocenters. The lowest BCUT2D eigenvalue weighted by atomic mass is 10.1. The fraction of sp³-hybridized carbons (Fsp3) is 0.562. The van der Waals surface area contributed by atoms with Gasteiger partial charge in [0, 0.05) is 19.8 Å². The van der Waals surface area contributed by atoms with Gasteiger partial charge in [-0.2, -0.15) is 0 Å². The standard InChI is InChI=1S/C16H23NO4/c1-19-14-4-3-13(9-15(14)20-2)10-16(18)17-7-5-12-6-8-21-11-12/h3-4,9,12H,5-8,10-11H2,1-2H3,(H,17,18)/t12-/m0/s1. The number of amides is 1. The maximum Gasteiger partial charge on any atom is 0.224 e. The maximum atomic E-state index is 11.9. The van der Waals surface area contributed by atoms with Crippen molar-refractivity contribution in [3.05, 3.63) is 23.8 Å². The van der Waals surface area contributed by atoms with E-state index in [4.69, 9.17) is 14.2 Å². The van der Waals surface area contributed by atoms with Crippen molar-refractivity contribution >= 4 is 5.91 Å². The summed E-state index contributed by atoms with van der Waals surface area (Å²) in [5.41, 5.74) is 0.911. The van der Waals surface area contributed by atoms with Crippen molar-refractivity contribution in [1.82, 2.24) is 5.32 Å². The third-order valence-electron chi connectivity index (χ3n) is 3.71. The molecule has 0 radical (unpaired) electrons. The van der Waals surface area contributed by atoms with E-state index in [0.717, 1.165) is 31.6 Å². The summed E-state index contributed by atoms with van der Waals surface area (Å²) in [7, 11) is 3.18. The van der Waals surface area contributed by atoms with Gasteiger partial charge in [0.1, 0.15) is 0 Å². The maximum absolute atomic E-state index is 11.9. The van der Waals surface area contributed by atoms with Crippen LogP contribution in [0, 0.1) is 5.92 Å². The van der Waals surface area contributed by atoms with Crippen LogP contribution in [0.5, 0.6) is 11.5 Å². The van der Waals surface area contributed by atoms with E-state index in [1.165, 1.54) is 0 Å².